The quantitative estimate of drug-likeness (QED) is 0.888. The molecule has 1 saturated carbocycles. The van der Waals surface area contributed by atoms with Gasteiger partial charge in [0.15, 0.2) is 0 Å². The van der Waals surface area contributed by atoms with Crippen LogP contribution in [0.2, 0.25) is 5.02 Å². The fourth-order valence-electron chi connectivity index (χ4n) is 1.31. The van der Waals surface area contributed by atoms with Crippen LogP contribution in [0.1, 0.15) is 30.2 Å². The van der Waals surface area contributed by atoms with Gasteiger partial charge in [-0.1, -0.05) is 24.4 Å². The molecule has 1 fully saturated rings. The Kier molecular flexibility index (Phi) is 2.98. The Morgan fingerprint density at radius 1 is 1.69 bits per heavy atom. The largest absolute Gasteiger partial charge is 0.388 e. The number of rotatable bonds is 3. The molecular weight excluding hydrogens is 272 g/mol. The molecule has 72 valence electrons. The van der Waals surface area contributed by atoms with E-state index in [1.54, 1.807) is 0 Å². The number of hydrogen-bond donors (Lipinski definition) is 1. The molecule has 1 heterocycles. The highest BCUT2D eigenvalue weighted by Gasteiger charge is 2.26. The van der Waals surface area contributed by atoms with Gasteiger partial charge in [0.1, 0.15) is 0 Å². The Labute approximate surface area is 94.9 Å². The molecule has 4 heteroatoms. The number of aliphatic hydroxyl groups excluding tert-OH is 1. The third kappa shape index (κ3) is 2.46. The van der Waals surface area contributed by atoms with Crippen molar-refractivity contribution in [2.75, 3.05) is 0 Å². The van der Waals surface area contributed by atoms with Crippen molar-refractivity contribution in [1.82, 2.24) is 0 Å². The smallest absolute Gasteiger partial charge is 0.0888 e. The summed E-state index contributed by atoms with van der Waals surface area (Å²) in [5.74, 6) is 0.745. The van der Waals surface area contributed by atoms with E-state index in [9.17, 15) is 5.11 Å². The summed E-state index contributed by atoms with van der Waals surface area (Å²) in [6.45, 7) is 0. The summed E-state index contributed by atoms with van der Waals surface area (Å²) < 4.78 is 0.916. The van der Waals surface area contributed by atoms with Gasteiger partial charge in [0.2, 0.25) is 0 Å². The summed E-state index contributed by atoms with van der Waals surface area (Å²) >= 11 is 10.7. The summed E-state index contributed by atoms with van der Waals surface area (Å²) in [5.41, 5.74) is 0. The molecule has 1 N–H and O–H groups in total. The molecule has 2 rings (SSSR count). The lowest BCUT2D eigenvalue weighted by atomic mass is 10.1. The minimum absolute atomic E-state index is 0.318. The highest BCUT2D eigenvalue weighted by molar-refractivity contribution is 9.11. The maximum atomic E-state index is 9.80. The molecule has 1 nitrogen and oxygen atoms in total. The molecular formula is C9H10BrClOS. The summed E-state index contributed by atoms with van der Waals surface area (Å²) in [4.78, 5) is 0.976. The van der Waals surface area contributed by atoms with E-state index in [2.05, 4.69) is 15.9 Å². The molecule has 0 radical (unpaired) electrons. The molecule has 1 atom stereocenters. The van der Waals surface area contributed by atoms with Crippen molar-refractivity contribution < 1.29 is 5.11 Å². The topological polar surface area (TPSA) is 20.2 Å². The Morgan fingerprint density at radius 2 is 2.38 bits per heavy atom. The zero-order valence-electron chi connectivity index (χ0n) is 6.96. The van der Waals surface area contributed by atoms with E-state index in [0.717, 1.165) is 21.0 Å². The first-order valence-electron chi connectivity index (χ1n) is 4.29. The molecule has 0 aliphatic heterocycles. The number of hydrogen-bond acceptors (Lipinski definition) is 2. The van der Waals surface area contributed by atoms with Gasteiger partial charge in [0.25, 0.3) is 0 Å². The standard InChI is InChI=1S/C9H10BrClOS/c10-9-6(11)4-8(13-9)7(12)3-5-1-2-5/h4-5,7,12H,1-3H2. The second-order valence-electron chi connectivity index (χ2n) is 3.47. The second-order valence-corrected chi connectivity index (χ2v) is 6.27. The van der Waals surface area contributed by atoms with E-state index in [4.69, 9.17) is 11.6 Å². The Morgan fingerprint density at radius 3 is 2.85 bits per heavy atom. The van der Waals surface area contributed by atoms with Crippen molar-refractivity contribution in [1.29, 1.82) is 0 Å². The minimum atomic E-state index is -0.318. The lowest BCUT2D eigenvalue weighted by Crippen LogP contribution is -1.94. The molecule has 0 amide bonds. The van der Waals surface area contributed by atoms with Crippen LogP contribution in [0.5, 0.6) is 0 Å². The predicted molar refractivity (Wildman–Crippen MR) is 59.3 cm³/mol. The van der Waals surface area contributed by atoms with Gasteiger partial charge in [-0.2, -0.15) is 0 Å². The van der Waals surface area contributed by atoms with Crippen molar-refractivity contribution >= 4 is 38.9 Å². The van der Waals surface area contributed by atoms with Crippen molar-refractivity contribution in [3.8, 4) is 0 Å². The van der Waals surface area contributed by atoms with Crippen molar-refractivity contribution in [3.63, 3.8) is 0 Å². The molecule has 1 unspecified atom stereocenters. The minimum Gasteiger partial charge on any atom is -0.388 e. The molecule has 1 aromatic rings. The molecule has 0 spiro atoms. The lowest BCUT2D eigenvalue weighted by Gasteiger charge is -2.05. The van der Waals surface area contributed by atoms with Gasteiger partial charge in [-0.25, -0.2) is 0 Å². The maximum absolute atomic E-state index is 9.80. The first kappa shape index (κ1) is 9.97. The van der Waals surface area contributed by atoms with Crippen molar-refractivity contribution in [2.24, 2.45) is 5.92 Å². The second kappa shape index (κ2) is 3.89. The Balaban J connectivity index is 2.05. The normalized spacial score (nSPS) is 19.0. The van der Waals surface area contributed by atoms with Crippen molar-refractivity contribution in [3.05, 3.63) is 19.8 Å². The SMILES string of the molecule is OC(CC1CC1)c1cc(Cl)c(Br)s1. The number of thiophene rings is 1. The van der Waals surface area contributed by atoms with Gasteiger partial charge >= 0.3 is 0 Å². The van der Waals surface area contributed by atoms with Gasteiger partial charge in [-0.05, 0) is 34.3 Å². The van der Waals surface area contributed by atoms with Crippen LogP contribution in [0.25, 0.3) is 0 Å². The van der Waals surface area contributed by atoms with E-state index < -0.39 is 0 Å². The van der Waals surface area contributed by atoms with Crippen LogP contribution in [0.15, 0.2) is 9.85 Å². The van der Waals surface area contributed by atoms with Crippen LogP contribution in [-0.4, -0.2) is 5.11 Å². The Bertz CT molecular complexity index is 289. The van der Waals surface area contributed by atoms with E-state index in [1.807, 2.05) is 6.07 Å². The van der Waals surface area contributed by atoms with Gasteiger partial charge in [0.05, 0.1) is 14.9 Å². The maximum Gasteiger partial charge on any atom is 0.0888 e. The molecule has 1 aliphatic carbocycles. The van der Waals surface area contributed by atoms with Crippen LogP contribution < -0.4 is 0 Å². The number of halogens is 2. The predicted octanol–water partition coefficient (Wildman–Crippen LogP) is 4.00. The molecule has 0 saturated heterocycles. The molecule has 0 aromatic carbocycles. The van der Waals surface area contributed by atoms with E-state index >= 15 is 0 Å². The van der Waals surface area contributed by atoms with Gasteiger partial charge in [-0.15, -0.1) is 11.3 Å². The zero-order chi connectivity index (χ0) is 9.42. The van der Waals surface area contributed by atoms with Crippen LogP contribution in [-0.2, 0) is 0 Å². The van der Waals surface area contributed by atoms with Crippen LogP contribution in [0.4, 0.5) is 0 Å². The third-order valence-corrected chi connectivity index (χ3v) is 4.82. The zero-order valence-corrected chi connectivity index (χ0v) is 10.1. The van der Waals surface area contributed by atoms with Gasteiger partial charge < -0.3 is 5.11 Å². The summed E-state index contributed by atoms with van der Waals surface area (Å²) in [6, 6.07) is 1.85. The fourth-order valence-corrected chi connectivity index (χ4v) is 3.06. The highest BCUT2D eigenvalue weighted by Crippen LogP contribution is 2.41. The fraction of sp³-hybridized carbons (Fsp3) is 0.556. The summed E-state index contributed by atoms with van der Waals surface area (Å²) in [7, 11) is 0. The summed E-state index contributed by atoms with van der Waals surface area (Å²) in [5, 5.41) is 10.5. The first-order valence-corrected chi connectivity index (χ1v) is 6.28. The van der Waals surface area contributed by atoms with Crippen LogP contribution in [0, 0.1) is 5.92 Å². The van der Waals surface area contributed by atoms with Crippen LogP contribution >= 0.6 is 38.9 Å². The first-order chi connectivity index (χ1) is 6.16. The average Bonchev–Trinajstić information content (AvgIpc) is 2.81. The van der Waals surface area contributed by atoms with Crippen molar-refractivity contribution in [2.45, 2.75) is 25.4 Å². The van der Waals surface area contributed by atoms with E-state index in [1.165, 1.54) is 24.2 Å². The van der Waals surface area contributed by atoms with E-state index in [0.29, 0.717) is 5.02 Å². The van der Waals surface area contributed by atoms with Gasteiger partial charge in [0, 0.05) is 4.88 Å². The Hall–Kier alpha value is 0.430. The average molecular weight is 282 g/mol. The van der Waals surface area contributed by atoms with Crippen LogP contribution in [0.3, 0.4) is 0 Å². The molecule has 0 bridgehead atoms. The summed E-state index contributed by atoms with van der Waals surface area (Å²) in [6.07, 6.45) is 3.12. The highest BCUT2D eigenvalue weighted by atomic mass is 79.9. The number of aliphatic hydroxyl groups is 1. The molecule has 1 aromatic heterocycles. The van der Waals surface area contributed by atoms with E-state index in [-0.39, 0.29) is 6.10 Å². The molecule has 13 heavy (non-hydrogen) atoms. The molecule has 1 aliphatic rings. The lowest BCUT2D eigenvalue weighted by molar-refractivity contribution is 0.164. The monoisotopic (exact) mass is 280 g/mol. The van der Waals surface area contributed by atoms with Gasteiger partial charge in [-0.3, -0.25) is 0 Å². The third-order valence-electron chi connectivity index (χ3n) is 2.25.